The van der Waals surface area contributed by atoms with E-state index in [4.69, 9.17) is 38.3 Å². The lowest BCUT2D eigenvalue weighted by atomic mass is 10.5. The first-order valence-electron chi connectivity index (χ1n) is 3.96. The maximum absolute atomic E-state index is 10.8. The van der Waals surface area contributed by atoms with Crippen LogP contribution in [0, 0.1) is 0 Å². The topological polar surface area (TPSA) is 63.6 Å². The monoisotopic (exact) mass is 290 g/mol. The molecule has 0 aliphatic heterocycles. The third-order valence-corrected chi connectivity index (χ3v) is 3.83. The van der Waals surface area contributed by atoms with Gasteiger partial charge >= 0.3 is 17.9 Å². The van der Waals surface area contributed by atoms with Crippen LogP contribution < -0.4 is 0 Å². The first-order chi connectivity index (χ1) is 6.81. The summed E-state index contributed by atoms with van der Waals surface area (Å²) in [6.07, 6.45) is 1.98. The summed E-state index contributed by atoms with van der Waals surface area (Å²) >= 11 is 16.8. The van der Waals surface area contributed by atoms with Crippen molar-refractivity contribution in [2.75, 3.05) is 6.61 Å². The molecule has 0 saturated carbocycles. The lowest BCUT2D eigenvalue weighted by Crippen LogP contribution is -2.11. The summed E-state index contributed by atoms with van der Waals surface area (Å²) in [5.74, 6) is -1.93. The Kier molecular flexibility index (Phi) is 7.00. The molecule has 0 aliphatic rings. The second kappa shape index (κ2) is 7.11. The van der Waals surface area contributed by atoms with Crippen LogP contribution in [0.1, 0.15) is 6.42 Å². The van der Waals surface area contributed by atoms with Gasteiger partial charge in [-0.3, -0.25) is 0 Å². The van der Waals surface area contributed by atoms with Crippen molar-refractivity contribution in [1.29, 1.82) is 0 Å². The number of carbonyl (C=O) groups is 2. The minimum Gasteiger partial charge on any atom is -0.478 e. The van der Waals surface area contributed by atoms with Gasteiger partial charge in [-0.05, 0) is 12.5 Å². The molecule has 0 saturated heterocycles. The predicted molar refractivity (Wildman–Crippen MR) is 60.5 cm³/mol. The highest BCUT2D eigenvalue weighted by molar-refractivity contribution is 7.64. The van der Waals surface area contributed by atoms with Crippen LogP contribution in [-0.2, 0) is 14.3 Å². The quantitative estimate of drug-likeness (QED) is 0.268. The minimum absolute atomic E-state index is 0.115. The summed E-state index contributed by atoms with van der Waals surface area (Å²) in [5, 5.41) is 8.20. The first-order valence-corrected chi connectivity index (χ1v) is 9.20. The fourth-order valence-corrected chi connectivity index (χ4v) is 2.38. The van der Waals surface area contributed by atoms with Gasteiger partial charge in [-0.15, -0.1) is 33.2 Å². The average molecular weight is 292 g/mol. The molecule has 0 aromatic carbocycles. The van der Waals surface area contributed by atoms with Crippen LogP contribution >= 0.6 is 33.2 Å². The van der Waals surface area contributed by atoms with Gasteiger partial charge < -0.3 is 9.84 Å². The molecule has 0 aromatic rings. The number of aliphatic carboxylic acids is 1. The molecule has 0 bridgehead atoms. The molecule has 0 amide bonds. The fraction of sp³-hybridized carbons (Fsp3) is 0.429. The predicted octanol–water partition coefficient (Wildman–Crippen LogP) is 2.22. The van der Waals surface area contributed by atoms with Crippen molar-refractivity contribution in [2.24, 2.45) is 0 Å². The van der Waals surface area contributed by atoms with Crippen molar-refractivity contribution in [1.82, 2.24) is 0 Å². The zero-order valence-electron chi connectivity index (χ0n) is 7.58. The third-order valence-electron chi connectivity index (χ3n) is 1.21. The van der Waals surface area contributed by atoms with Gasteiger partial charge in [0.15, 0.2) is 0 Å². The Bertz CT molecular complexity index is 261. The molecule has 0 atom stereocenters. The largest absolute Gasteiger partial charge is 0.478 e. The molecule has 0 aliphatic carbocycles. The lowest BCUT2D eigenvalue weighted by molar-refractivity contribution is -0.138. The highest BCUT2D eigenvalue weighted by atomic mass is 35.8. The van der Waals surface area contributed by atoms with Crippen LogP contribution in [0.2, 0.25) is 6.04 Å². The van der Waals surface area contributed by atoms with Crippen LogP contribution in [0.4, 0.5) is 0 Å². The molecule has 1 N–H and O–H groups in total. The molecular formula is C7H9Cl3O4Si. The van der Waals surface area contributed by atoms with E-state index in [1.807, 2.05) is 0 Å². The number of rotatable bonds is 6. The molecule has 0 radical (unpaired) electrons. The number of carboxylic acid groups (broad SMARTS) is 1. The zero-order chi connectivity index (χ0) is 11.9. The van der Waals surface area contributed by atoms with Crippen LogP contribution in [0.25, 0.3) is 0 Å². The van der Waals surface area contributed by atoms with Crippen LogP contribution in [0.15, 0.2) is 12.2 Å². The van der Waals surface area contributed by atoms with E-state index in [0.717, 1.165) is 6.08 Å². The molecule has 0 fully saturated rings. The van der Waals surface area contributed by atoms with E-state index in [2.05, 4.69) is 4.74 Å². The van der Waals surface area contributed by atoms with Gasteiger partial charge in [-0.1, -0.05) is 0 Å². The summed E-state index contributed by atoms with van der Waals surface area (Å²) in [6.45, 7) is 0.115. The van der Waals surface area contributed by atoms with Gasteiger partial charge in [0.25, 0.3) is 0 Å². The van der Waals surface area contributed by atoms with E-state index in [9.17, 15) is 9.59 Å². The van der Waals surface area contributed by atoms with Gasteiger partial charge in [-0.25, -0.2) is 9.59 Å². The van der Waals surface area contributed by atoms with Crippen molar-refractivity contribution >= 4 is 51.2 Å². The zero-order valence-corrected chi connectivity index (χ0v) is 10.8. The summed E-state index contributed by atoms with van der Waals surface area (Å²) in [4.78, 5) is 20.8. The number of carbonyl (C=O) groups excluding carboxylic acids is 1. The van der Waals surface area contributed by atoms with Crippen LogP contribution in [-0.4, -0.2) is 29.7 Å². The minimum atomic E-state index is -2.65. The van der Waals surface area contributed by atoms with E-state index in [1.165, 1.54) is 0 Å². The Morgan fingerprint density at radius 1 is 1.27 bits per heavy atom. The number of hydrogen-bond acceptors (Lipinski definition) is 3. The number of carboxylic acids is 1. The highest BCUT2D eigenvalue weighted by Crippen LogP contribution is 2.26. The summed E-state index contributed by atoms with van der Waals surface area (Å²) in [6, 6.07) is -2.26. The molecule has 0 rings (SSSR count). The number of hydrogen-bond donors (Lipinski definition) is 1. The van der Waals surface area contributed by atoms with Gasteiger partial charge in [0.1, 0.15) is 0 Å². The van der Waals surface area contributed by atoms with Crippen molar-refractivity contribution in [3.8, 4) is 0 Å². The molecule has 0 aromatic heterocycles. The molecule has 8 heteroatoms. The lowest BCUT2D eigenvalue weighted by Gasteiger charge is -2.06. The second-order valence-electron chi connectivity index (χ2n) is 2.56. The Morgan fingerprint density at radius 3 is 2.33 bits per heavy atom. The number of esters is 1. The number of ether oxygens (including phenoxy) is 1. The van der Waals surface area contributed by atoms with Crippen LogP contribution in [0.3, 0.4) is 0 Å². The Labute approximate surface area is 102 Å². The molecular weight excluding hydrogens is 283 g/mol. The van der Waals surface area contributed by atoms with Gasteiger partial charge in [-0.2, -0.15) is 0 Å². The third kappa shape index (κ3) is 11.7. The van der Waals surface area contributed by atoms with Gasteiger partial charge in [0, 0.05) is 12.2 Å². The van der Waals surface area contributed by atoms with E-state index in [-0.39, 0.29) is 6.61 Å². The smallest absolute Gasteiger partial charge is 0.341 e. The van der Waals surface area contributed by atoms with E-state index in [0.29, 0.717) is 18.5 Å². The standard InChI is InChI=1S/C7H9Cl3O4Si/c8-15(9,10)5-1-4-14-7(13)3-2-6(11)12/h2-3H,1,4-5H2,(H,11,12)/b3-2-. The maximum atomic E-state index is 10.8. The van der Waals surface area contributed by atoms with Gasteiger partial charge in [0.05, 0.1) is 6.61 Å². The van der Waals surface area contributed by atoms with Gasteiger partial charge in [0.2, 0.25) is 0 Å². The highest BCUT2D eigenvalue weighted by Gasteiger charge is 2.23. The van der Waals surface area contributed by atoms with Crippen molar-refractivity contribution in [2.45, 2.75) is 12.5 Å². The fourth-order valence-electron chi connectivity index (χ4n) is 0.633. The Balaban J connectivity index is 3.61. The first kappa shape index (κ1) is 14.8. The summed E-state index contributed by atoms with van der Waals surface area (Å²) in [5.41, 5.74) is 0. The van der Waals surface area contributed by atoms with E-state index < -0.39 is 17.9 Å². The maximum Gasteiger partial charge on any atom is 0.341 e. The van der Waals surface area contributed by atoms with E-state index >= 15 is 0 Å². The molecule has 86 valence electrons. The number of halogens is 3. The Hall–Kier alpha value is -0.233. The second-order valence-corrected chi connectivity index (χ2v) is 11.8. The summed E-state index contributed by atoms with van der Waals surface area (Å²) < 4.78 is 4.65. The molecule has 0 unspecified atom stereocenters. The molecule has 0 heterocycles. The molecule has 0 spiro atoms. The van der Waals surface area contributed by atoms with Crippen molar-refractivity contribution in [3.63, 3.8) is 0 Å². The molecule has 4 nitrogen and oxygen atoms in total. The van der Waals surface area contributed by atoms with Crippen molar-refractivity contribution < 1.29 is 19.4 Å². The Morgan fingerprint density at radius 2 is 1.87 bits per heavy atom. The van der Waals surface area contributed by atoms with Crippen LogP contribution in [0.5, 0.6) is 0 Å². The average Bonchev–Trinajstić information content (AvgIpc) is 2.07. The SMILES string of the molecule is O=C(O)/C=C\C(=O)OCCC[Si](Cl)(Cl)Cl. The molecule has 15 heavy (non-hydrogen) atoms. The summed E-state index contributed by atoms with van der Waals surface area (Å²) in [7, 11) is 0. The van der Waals surface area contributed by atoms with Crippen molar-refractivity contribution in [3.05, 3.63) is 12.2 Å². The van der Waals surface area contributed by atoms with E-state index in [1.54, 1.807) is 0 Å². The normalized spacial score (nSPS) is 11.7.